The minimum Gasteiger partial charge on any atom is -0.403 e. The van der Waals surface area contributed by atoms with Crippen LogP contribution in [0.4, 0.5) is 0 Å². The average Bonchev–Trinajstić information content (AvgIpc) is 2.07. The SMILES string of the molecule is CCOP(=O)(OCC)/C(C#N)=C/N. The Hall–Kier alpha value is -0.820. The molecule has 0 aromatic rings. The van der Waals surface area contributed by atoms with Crippen LogP contribution in [0.25, 0.3) is 0 Å². The molecular formula is C7H13N2O3P. The van der Waals surface area contributed by atoms with Crippen molar-refractivity contribution in [2.75, 3.05) is 13.2 Å². The quantitative estimate of drug-likeness (QED) is 0.542. The van der Waals surface area contributed by atoms with Crippen LogP contribution in [-0.2, 0) is 13.6 Å². The third-order valence-corrected chi connectivity index (χ3v) is 3.20. The van der Waals surface area contributed by atoms with Gasteiger partial charge >= 0.3 is 7.60 Å². The Labute approximate surface area is 77.7 Å². The second-order valence-corrected chi connectivity index (χ2v) is 3.99. The van der Waals surface area contributed by atoms with Crippen molar-refractivity contribution in [2.24, 2.45) is 5.73 Å². The van der Waals surface area contributed by atoms with Gasteiger partial charge in [-0.3, -0.25) is 4.57 Å². The van der Waals surface area contributed by atoms with Crippen LogP contribution < -0.4 is 5.73 Å². The van der Waals surface area contributed by atoms with Crippen LogP contribution in [-0.4, -0.2) is 13.2 Å². The Morgan fingerprint density at radius 1 is 1.54 bits per heavy atom. The predicted molar refractivity (Wildman–Crippen MR) is 48.7 cm³/mol. The molecule has 13 heavy (non-hydrogen) atoms. The Morgan fingerprint density at radius 2 is 2.00 bits per heavy atom. The lowest BCUT2D eigenvalue weighted by Gasteiger charge is -2.14. The lowest BCUT2D eigenvalue weighted by molar-refractivity contribution is 0.227. The molecule has 0 saturated heterocycles. The van der Waals surface area contributed by atoms with Crippen molar-refractivity contribution in [1.29, 1.82) is 5.26 Å². The highest BCUT2D eigenvalue weighted by atomic mass is 31.2. The number of nitrogens with zero attached hydrogens (tertiary/aromatic N) is 1. The van der Waals surface area contributed by atoms with Gasteiger partial charge in [0.25, 0.3) is 0 Å². The summed E-state index contributed by atoms with van der Waals surface area (Å²) in [5, 5.41) is 8.43. The molecule has 0 unspecified atom stereocenters. The van der Waals surface area contributed by atoms with Crippen molar-refractivity contribution in [2.45, 2.75) is 13.8 Å². The summed E-state index contributed by atoms with van der Waals surface area (Å²) in [6.07, 6.45) is 0.950. The van der Waals surface area contributed by atoms with E-state index in [1.165, 1.54) is 0 Å². The molecule has 0 radical (unpaired) electrons. The van der Waals surface area contributed by atoms with Gasteiger partial charge in [-0.2, -0.15) is 5.26 Å². The van der Waals surface area contributed by atoms with Gasteiger partial charge < -0.3 is 14.8 Å². The van der Waals surface area contributed by atoms with Crippen molar-refractivity contribution in [3.63, 3.8) is 0 Å². The smallest absolute Gasteiger partial charge is 0.373 e. The Morgan fingerprint density at radius 3 is 2.23 bits per heavy atom. The number of nitrogens with two attached hydrogens (primary N) is 1. The normalized spacial score (nSPS) is 12.5. The Balaban J connectivity index is 4.79. The van der Waals surface area contributed by atoms with Crippen molar-refractivity contribution in [1.82, 2.24) is 0 Å². The van der Waals surface area contributed by atoms with Crippen LogP contribution in [0.2, 0.25) is 0 Å². The molecule has 0 aromatic carbocycles. The highest BCUT2D eigenvalue weighted by Gasteiger charge is 2.29. The van der Waals surface area contributed by atoms with Crippen LogP contribution in [0.15, 0.2) is 11.5 Å². The average molecular weight is 204 g/mol. The van der Waals surface area contributed by atoms with Gasteiger partial charge in [0, 0.05) is 6.20 Å². The van der Waals surface area contributed by atoms with E-state index in [0.717, 1.165) is 6.20 Å². The first-order chi connectivity index (χ1) is 6.14. The molecule has 0 fully saturated rings. The Kier molecular flexibility index (Phi) is 5.40. The standard InChI is InChI=1S/C7H13N2O3P/c1-3-11-13(10,12-4-2)7(5-8)6-9/h5H,3-4,8H2,1-2H3/b7-5+. The number of rotatable bonds is 5. The van der Waals surface area contributed by atoms with Crippen molar-refractivity contribution < 1.29 is 13.6 Å². The first-order valence-corrected chi connectivity index (χ1v) is 5.40. The summed E-state index contributed by atoms with van der Waals surface area (Å²) in [5.41, 5.74) is 5.11. The number of nitriles is 1. The number of allylic oxidation sites excluding steroid dienone is 1. The molecule has 0 aliphatic rings. The maximum atomic E-state index is 11.8. The summed E-state index contributed by atoms with van der Waals surface area (Å²) < 4.78 is 21.5. The fourth-order valence-corrected chi connectivity index (χ4v) is 2.04. The second-order valence-electron chi connectivity index (χ2n) is 2.00. The van der Waals surface area contributed by atoms with E-state index < -0.39 is 7.60 Å². The summed E-state index contributed by atoms with van der Waals surface area (Å²) in [7, 11) is -3.45. The van der Waals surface area contributed by atoms with Crippen LogP contribution in [0, 0.1) is 11.3 Å². The van der Waals surface area contributed by atoms with Gasteiger partial charge in [0.2, 0.25) is 0 Å². The highest BCUT2D eigenvalue weighted by Crippen LogP contribution is 2.55. The summed E-state index contributed by atoms with van der Waals surface area (Å²) in [6, 6.07) is 1.68. The molecule has 0 bridgehead atoms. The summed E-state index contributed by atoms with van der Waals surface area (Å²) in [4.78, 5) is 0. The lowest BCUT2D eigenvalue weighted by Crippen LogP contribution is -1.99. The third-order valence-electron chi connectivity index (χ3n) is 1.17. The van der Waals surface area contributed by atoms with Gasteiger partial charge in [-0.05, 0) is 13.8 Å². The molecule has 0 heterocycles. The van der Waals surface area contributed by atoms with Crippen molar-refractivity contribution in [3.05, 3.63) is 11.5 Å². The minimum atomic E-state index is -3.45. The zero-order valence-electron chi connectivity index (χ0n) is 7.69. The predicted octanol–water partition coefficient (Wildman–Crippen LogP) is 1.58. The molecule has 0 amide bonds. The molecule has 0 spiro atoms. The first-order valence-electron chi connectivity index (χ1n) is 3.86. The van der Waals surface area contributed by atoms with Gasteiger partial charge in [-0.15, -0.1) is 0 Å². The first kappa shape index (κ1) is 12.2. The molecular weight excluding hydrogens is 191 g/mol. The van der Waals surface area contributed by atoms with E-state index >= 15 is 0 Å². The van der Waals surface area contributed by atoms with Crippen LogP contribution in [0.3, 0.4) is 0 Å². The molecule has 0 saturated carbocycles. The van der Waals surface area contributed by atoms with Gasteiger partial charge in [-0.1, -0.05) is 0 Å². The van der Waals surface area contributed by atoms with E-state index in [4.69, 9.17) is 20.0 Å². The van der Waals surface area contributed by atoms with Gasteiger partial charge in [0.05, 0.1) is 13.2 Å². The molecule has 0 rings (SSSR count). The summed E-state index contributed by atoms with van der Waals surface area (Å²) in [5.74, 6) is 0. The summed E-state index contributed by atoms with van der Waals surface area (Å²) in [6.45, 7) is 3.74. The van der Waals surface area contributed by atoms with Crippen molar-refractivity contribution in [3.8, 4) is 6.07 Å². The number of hydrogen-bond acceptors (Lipinski definition) is 5. The Bertz CT molecular complexity index is 259. The van der Waals surface area contributed by atoms with E-state index in [-0.39, 0.29) is 18.5 Å². The van der Waals surface area contributed by atoms with Gasteiger partial charge in [0.15, 0.2) is 5.31 Å². The molecule has 6 heteroatoms. The van der Waals surface area contributed by atoms with E-state index in [2.05, 4.69) is 0 Å². The topological polar surface area (TPSA) is 85.3 Å². The molecule has 74 valence electrons. The highest BCUT2D eigenvalue weighted by molar-refractivity contribution is 7.58. The number of hydrogen-bond donors (Lipinski definition) is 1. The maximum Gasteiger partial charge on any atom is 0.373 e. The molecule has 2 N–H and O–H groups in total. The summed E-state index contributed by atoms with van der Waals surface area (Å²) >= 11 is 0. The minimum absolute atomic E-state index is 0.156. The second kappa shape index (κ2) is 5.76. The van der Waals surface area contributed by atoms with Crippen LogP contribution >= 0.6 is 7.60 Å². The third kappa shape index (κ3) is 3.19. The maximum absolute atomic E-state index is 11.8. The monoisotopic (exact) mass is 204 g/mol. The van der Waals surface area contributed by atoms with E-state index in [1.54, 1.807) is 19.9 Å². The molecule has 0 atom stereocenters. The zero-order chi connectivity index (χ0) is 10.3. The molecule has 0 aliphatic carbocycles. The fraction of sp³-hybridized carbons (Fsp3) is 0.571. The largest absolute Gasteiger partial charge is 0.403 e. The molecule has 0 aliphatic heterocycles. The van der Waals surface area contributed by atoms with Crippen LogP contribution in [0.5, 0.6) is 0 Å². The van der Waals surface area contributed by atoms with Gasteiger partial charge in [0.1, 0.15) is 6.07 Å². The fourth-order valence-electron chi connectivity index (χ4n) is 0.706. The van der Waals surface area contributed by atoms with E-state index in [1.807, 2.05) is 0 Å². The van der Waals surface area contributed by atoms with E-state index in [0.29, 0.717) is 0 Å². The van der Waals surface area contributed by atoms with Crippen molar-refractivity contribution >= 4 is 7.60 Å². The molecule has 5 nitrogen and oxygen atoms in total. The lowest BCUT2D eigenvalue weighted by atomic mass is 10.7. The molecule has 0 aromatic heterocycles. The van der Waals surface area contributed by atoms with Gasteiger partial charge in [-0.25, -0.2) is 0 Å². The van der Waals surface area contributed by atoms with E-state index in [9.17, 15) is 4.57 Å². The zero-order valence-corrected chi connectivity index (χ0v) is 8.58. The van der Waals surface area contributed by atoms with Crippen LogP contribution in [0.1, 0.15) is 13.8 Å².